The molecule has 3 aromatic heterocycles. The number of aromatic nitrogens is 5. The fourth-order valence-corrected chi connectivity index (χ4v) is 11.3. The molecular weight excluding hydrogens is 1470 g/mol. The zero-order valence-electron chi connectivity index (χ0n) is 51.8. The van der Waals surface area contributed by atoms with Gasteiger partial charge in [0.15, 0.2) is 0 Å². The van der Waals surface area contributed by atoms with Crippen LogP contribution in [0.2, 0.25) is 0 Å². The number of morpholine rings is 1. The predicted molar refractivity (Wildman–Crippen MR) is 400 cm³/mol. The number of H-pyrrole nitrogens is 2. The number of rotatable bonds is 20. The number of aromatic amines is 2. The molecule has 0 atom stereocenters. The van der Waals surface area contributed by atoms with Gasteiger partial charge < -0.3 is 25.6 Å². The van der Waals surface area contributed by atoms with Crippen molar-refractivity contribution in [1.29, 1.82) is 0 Å². The quantitative estimate of drug-likeness (QED) is 0.0208. The Morgan fingerprint density at radius 2 is 1.05 bits per heavy atom. The number of nitrogens with zero attached hydrogens (tertiary/aromatic N) is 4. The number of anilines is 4. The lowest BCUT2D eigenvalue weighted by molar-refractivity contribution is 0.0503. The maximum absolute atomic E-state index is 12.5. The molecule has 502 valence electrons. The highest BCUT2D eigenvalue weighted by atomic mass is 80.9. The van der Waals surface area contributed by atoms with Gasteiger partial charge in [0.25, 0.3) is 27.8 Å². The van der Waals surface area contributed by atoms with Crippen LogP contribution in [0, 0.1) is 13.8 Å². The third kappa shape index (κ3) is 28.5. The summed E-state index contributed by atoms with van der Waals surface area (Å²) in [6, 6.07) is 37.0. The maximum atomic E-state index is 12.5. The van der Waals surface area contributed by atoms with Gasteiger partial charge in [-0.1, -0.05) is 81.3 Å². The zero-order valence-corrected chi connectivity index (χ0v) is 61.2. The number of hydrogen-bond donors (Lipinski definition) is 5. The highest BCUT2D eigenvalue weighted by Crippen LogP contribution is 2.23. The highest BCUT2D eigenvalue weighted by molar-refractivity contribution is 9.93. The van der Waals surface area contributed by atoms with Crippen LogP contribution >= 0.6 is 121 Å². The molecule has 1 aliphatic heterocycles. The van der Waals surface area contributed by atoms with Crippen molar-refractivity contribution in [1.82, 2.24) is 33.3 Å². The average Bonchev–Trinajstić information content (AvgIpc) is 1.76. The number of carbonyl (C=O) groups is 2. The Kier molecular flexibility index (Phi) is 42.3. The molecule has 27 heteroatoms. The van der Waals surface area contributed by atoms with Crippen LogP contribution in [0.3, 0.4) is 0 Å². The number of carbonyl (C=O) groups excluding carboxylic acids is 2. The van der Waals surface area contributed by atoms with Crippen molar-refractivity contribution in [2.75, 3.05) is 73.7 Å². The summed E-state index contributed by atoms with van der Waals surface area (Å²) in [5, 5.41) is 9.86. The van der Waals surface area contributed by atoms with Crippen molar-refractivity contribution in [2.45, 2.75) is 103 Å². The van der Waals surface area contributed by atoms with E-state index < -0.39 is 16.6 Å². The van der Waals surface area contributed by atoms with Crippen LogP contribution in [-0.4, -0.2) is 102 Å². The Morgan fingerprint density at radius 3 is 1.48 bits per heavy atom. The fourth-order valence-electron chi connectivity index (χ4n) is 8.85. The van der Waals surface area contributed by atoms with Crippen molar-refractivity contribution in [3.63, 3.8) is 0 Å². The van der Waals surface area contributed by atoms with E-state index in [1.165, 1.54) is 78.6 Å². The maximum Gasteiger partial charge on any atom is 0.329 e. The van der Waals surface area contributed by atoms with E-state index >= 15 is 0 Å². The van der Waals surface area contributed by atoms with E-state index in [0.29, 0.717) is 68.1 Å². The number of amides is 1. The molecule has 0 unspecified atom stereocenters. The highest BCUT2D eigenvalue weighted by Gasteiger charge is 2.13. The number of halogens is 7. The van der Waals surface area contributed by atoms with Crippen molar-refractivity contribution in [2.24, 2.45) is 0 Å². The summed E-state index contributed by atoms with van der Waals surface area (Å²) < 4.78 is 10.2. The summed E-state index contributed by atoms with van der Waals surface area (Å²) in [6.45, 7) is 13.9. The molecule has 5 N–H and O–H groups in total. The molecule has 5 aromatic carbocycles. The van der Waals surface area contributed by atoms with Crippen molar-refractivity contribution >= 4 is 166 Å². The van der Waals surface area contributed by atoms with Gasteiger partial charge in [-0.3, -0.25) is 47.0 Å². The number of alkyl halides is 4. The Hall–Kier alpha value is -5.08. The minimum absolute atomic E-state index is 0. The first-order valence-corrected chi connectivity index (χ1v) is 38.2. The molecular formula is C65H82Br2Cl5N9O8S3. The van der Waals surface area contributed by atoms with E-state index in [-0.39, 0.29) is 47.2 Å². The van der Waals surface area contributed by atoms with Gasteiger partial charge in [0.2, 0.25) is 0 Å². The van der Waals surface area contributed by atoms with E-state index in [9.17, 15) is 33.6 Å². The van der Waals surface area contributed by atoms with Crippen molar-refractivity contribution in [3.8, 4) is 0 Å². The number of benzene rings is 5. The van der Waals surface area contributed by atoms with E-state index in [4.69, 9.17) is 62.7 Å². The van der Waals surface area contributed by atoms with Crippen LogP contribution in [0.4, 0.5) is 23.0 Å². The number of nitrogens with one attached hydrogen (secondary N) is 5. The van der Waals surface area contributed by atoms with Gasteiger partial charge in [0, 0.05) is 106 Å². The van der Waals surface area contributed by atoms with Gasteiger partial charge in [0.1, 0.15) is 11.6 Å². The Labute approximate surface area is 591 Å². The first kappa shape index (κ1) is 83.0. The second kappa shape index (κ2) is 46.9. The second-order valence-electron chi connectivity index (χ2n) is 19.7. The SMILES string of the molecule is BrBr.C.CCc1cc(Nc2cc(=O)n(CCCCNC(=O)c3ccccc3SC)c(=O)[nH]2)ccc1C.CCc1cc(Nc2cc(=O)n(CCCCn3sc4ccccc4c3=O)c(=O)[nH]2)ccc1C.CN1CCOCC1.CSc1ccccc1C(=O)Cl.ClCCl.ClCCl. The lowest BCUT2D eigenvalue weighted by Gasteiger charge is -2.21. The molecule has 9 rings (SSSR count). The lowest BCUT2D eigenvalue weighted by Crippen LogP contribution is -2.35. The first-order chi connectivity index (χ1) is 43.9. The molecule has 8 aromatic rings. The molecule has 4 heterocycles. The topological polar surface area (TPSA) is 214 Å². The van der Waals surface area contributed by atoms with Gasteiger partial charge in [-0.15, -0.1) is 69.9 Å². The van der Waals surface area contributed by atoms with Gasteiger partial charge >= 0.3 is 11.4 Å². The Balaban J connectivity index is 0.000000450. The Bertz CT molecular complexity index is 3760. The number of likely N-dealkylation sites (N-methyl/N-ethyl adjacent to an activating group) is 1. The zero-order chi connectivity index (χ0) is 67.3. The largest absolute Gasteiger partial charge is 0.379 e. The van der Waals surface area contributed by atoms with Crippen LogP contribution in [0.25, 0.3) is 10.1 Å². The van der Waals surface area contributed by atoms with Gasteiger partial charge in [-0.05, 0) is 166 Å². The third-order valence-corrected chi connectivity index (χ3v) is 16.5. The number of aryl methyl sites for hydroxylation is 5. The van der Waals surface area contributed by atoms with E-state index in [0.717, 1.165) is 70.4 Å². The number of thioether (sulfide) groups is 2. The summed E-state index contributed by atoms with van der Waals surface area (Å²) in [7, 11) is 2.11. The summed E-state index contributed by atoms with van der Waals surface area (Å²) >= 11 is 34.4. The van der Waals surface area contributed by atoms with Gasteiger partial charge in [-0.25, -0.2) is 9.59 Å². The number of hydrogen-bond acceptors (Lipinski definition) is 14. The normalized spacial score (nSPS) is 11.3. The van der Waals surface area contributed by atoms with Gasteiger partial charge in [0.05, 0.1) is 39.5 Å². The summed E-state index contributed by atoms with van der Waals surface area (Å²) in [6.07, 6.45) is 8.23. The lowest BCUT2D eigenvalue weighted by atomic mass is 10.1. The minimum atomic E-state index is -0.453. The average molecular weight is 1550 g/mol. The van der Waals surface area contributed by atoms with Crippen molar-refractivity contribution in [3.05, 3.63) is 207 Å². The molecule has 92 heavy (non-hydrogen) atoms. The molecule has 0 radical (unpaired) electrons. The molecule has 1 saturated heterocycles. The van der Waals surface area contributed by atoms with Crippen LogP contribution in [0.5, 0.6) is 0 Å². The third-order valence-electron chi connectivity index (χ3n) is 13.6. The minimum Gasteiger partial charge on any atom is -0.379 e. The van der Waals surface area contributed by atoms with Crippen molar-refractivity contribution < 1.29 is 14.3 Å². The summed E-state index contributed by atoms with van der Waals surface area (Å²) in [5.74, 6) is 0.624. The molecule has 1 amide bonds. The first-order valence-electron chi connectivity index (χ1n) is 28.8. The van der Waals surface area contributed by atoms with E-state index in [1.54, 1.807) is 22.2 Å². The summed E-state index contributed by atoms with van der Waals surface area (Å²) in [5.41, 5.74) is 6.13. The molecule has 0 spiro atoms. The van der Waals surface area contributed by atoms with E-state index in [2.05, 4.69) is 93.8 Å². The number of fused-ring (bicyclic) bond motifs is 1. The Morgan fingerprint density at radius 1 is 0.620 bits per heavy atom. The van der Waals surface area contributed by atoms with Crippen LogP contribution < -0.4 is 44.0 Å². The molecule has 17 nitrogen and oxygen atoms in total. The number of unbranched alkanes of at least 4 members (excludes halogenated alkanes) is 2. The monoisotopic (exact) mass is 1550 g/mol. The molecule has 1 aliphatic rings. The number of ether oxygens (including phenoxy) is 1. The molecule has 0 saturated carbocycles. The smallest absolute Gasteiger partial charge is 0.329 e. The van der Waals surface area contributed by atoms with E-state index in [1.807, 2.05) is 104 Å². The van der Waals surface area contributed by atoms with Gasteiger partial charge in [-0.2, -0.15) is 0 Å². The fraction of sp³-hybridized carbons (Fsp3) is 0.369. The predicted octanol–water partition coefficient (Wildman–Crippen LogP) is 16.0. The van der Waals surface area contributed by atoms with Crippen LogP contribution in [-0.2, 0) is 37.2 Å². The molecule has 0 bridgehead atoms. The second-order valence-corrected chi connectivity index (χ2v) is 24.4. The molecule has 1 fully saturated rings. The standard InChI is InChI=1S/C25H30N4O3S.C24H26N4O3S.C8H7ClOS.C5H11NO.2CH2Cl2.CH4.Br2/c1-4-18-15-19(12-11-17(18)2)27-22-16-23(30)29(25(32)28-22)14-8-7-13-26-24(31)20-9-5-6-10-21(20)33-3;1-3-17-14-18(11-10-16(17)2)25-21-15-22(29)27(24(31)26-21)12-6-7-13-28-23(30)19-8-4-5-9-20(19)32-28;1-11-7-5-3-2-4-6(7)8(9)10;1-6-2-4-7-5-3-6;2*2-1-3;;1-2/h5-6,9-12,15-16,27H,4,7-8,13-14H2,1-3H3,(H,26,31)(H,28,32);4-5,8-11,14-15,25H,3,6-7,12-13H2,1-2H3,(H,26,31);2-5H,1H3;2-5H2,1H3;2*1H2;1H4;. The van der Waals surface area contributed by atoms with Crippen LogP contribution in [0.1, 0.15) is 89.9 Å². The molecule has 0 aliphatic carbocycles. The summed E-state index contributed by atoms with van der Waals surface area (Å²) in [4.78, 5) is 95.1. The van der Waals surface area contributed by atoms with Crippen LogP contribution in [0.15, 0.2) is 155 Å².